The minimum atomic E-state index is 0.592. The van der Waals surface area contributed by atoms with E-state index in [1.54, 1.807) is 0 Å². The first-order valence-corrected chi connectivity index (χ1v) is 7.66. The minimum Gasteiger partial charge on any atom is -0.355 e. The number of anilines is 1. The molecule has 0 spiro atoms. The predicted molar refractivity (Wildman–Crippen MR) is 80.4 cm³/mol. The van der Waals surface area contributed by atoms with Gasteiger partial charge in [-0.05, 0) is 38.8 Å². The molecule has 2 heterocycles. The third-order valence-electron chi connectivity index (χ3n) is 3.86. The van der Waals surface area contributed by atoms with Crippen LogP contribution < -0.4 is 5.32 Å². The Hall–Kier alpha value is -1.03. The second kappa shape index (κ2) is 6.94. The number of hydrogen-bond donors (Lipinski definition) is 1. The molecule has 1 N–H and O–H groups in total. The summed E-state index contributed by atoms with van der Waals surface area (Å²) in [4.78, 5) is 7.03. The second-order valence-corrected chi connectivity index (χ2v) is 6.12. The van der Waals surface area contributed by atoms with Gasteiger partial charge in [0.05, 0.1) is 0 Å². The van der Waals surface area contributed by atoms with E-state index >= 15 is 0 Å². The third-order valence-corrected chi connectivity index (χ3v) is 3.86. The molecule has 0 aromatic carbocycles. The summed E-state index contributed by atoms with van der Waals surface area (Å²) in [5.41, 5.74) is 0. The van der Waals surface area contributed by atoms with Crippen LogP contribution in [0.25, 0.3) is 0 Å². The van der Waals surface area contributed by atoms with Crippen LogP contribution in [0.2, 0.25) is 0 Å². The summed E-state index contributed by atoms with van der Waals surface area (Å²) in [6.07, 6.45) is 8.09. The Kier molecular flexibility index (Phi) is 5.25. The highest BCUT2D eigenvalue weighted by Gasteiger charge is 2.17. The van der Waals surface area contributed by atoms with Gasteiger partial charge in [-0.1, -0.05) is 20.3 Å². The highest BCUT2D eigenvalue weighted by molar-refractivity contribution is 5.25. The van der Waals surface area contributed by atoms with Gasteiger partial charge < -0.3 is 9.88 Å². The monoisotopic (exact) mass is 264 g/mol. The number of nitrogens with one attached hydrogen (secondary N) is 1. The van der Waals surface area contributed by atoms with Crippen LogP contribution in [0.5, 0.6) is 0 Å². The number of nitrogens with zero attached hydrogens (tertiary/aromatic N) is 3. The molecule has 1 atom stereocenters. The van der Waals surface area contributed by atoms with Crippen molar-refractivity contribution in [2.45, 2.75) is 52.6 Å². The van der Waals surface area contributed by atoms with Gasteiger partial charge in [0.1, 0.15) is 0 Å². The highest BCUT2D eigenvalue weighted by atomic mass is 15.2. The first-order chi connectivity index (χ1) is 9.16. The van der Waals surface area contributed by atoms with Crippen molar-refractivity contribution in [1.29, 1.82) is 0 Å². The molecular weight excluding hydrogens is 236 g/mol. The molecule has 2 rings (SSSR count). The number of hydrogen-bond acceptors (Lipinski definition) is 3. The summed E-state index contributed by atoms with van der Waals surface area (Å²) in [7, 11) is 0. The van der Waals surface area contributed by atoms with Crippen molar-refractivity contribution in [3.63, 3.8) is 0 Å². The Labute approximate surface area is 117 Å². The quantitative estimate of drug-likeness (QED) is 0.857. The number of piperidine rings is 1. The molecule has 0 bridgehead atoms. The van der Waals surface area contributed by atoms with Crippen molar-refractivity contribution in [2.24, 2.45) is 5.92 Å². The topological polar surface area (TPSA) is 33.1 Å². The SMILES string of the molecule is CC(C)CNc1nccn1CC(C)N1CCCCC1. The van der Waals surface area contributed by atoms with Gasteiger partial charge in [-0.15, -0.1) is 0 Å². The summed E-state index contributed by atoms with van der Waals surface area (Å²) < 4.78 is 2.25. The molecule has 1 fully saturated rings. The largest absolute Gasteiger partial charge is 0.355 e. The van der Waals surface area contributed by atoms with E-state index in [2.05, 4.69) is 46.7 Å². The Morgan fingerprint density at radius 2 is 1.95 bits per heavy atom. The predicted octanol–water partition coefficient (Wildman–Crippen LogP) is 2.83. The zero-order valence-electron chi connectivity index (χ0n) is 12.6. The van der Waals surface area contributed by atoms with Crippen LogP contribution in [0.4, 0.5) is 5.95 Å². The van der Waals surface area contributed by atoms with Gasteiger partial charge in [-0.3, -0.25) is 4.90 Å². The standard InChI is InChI=1S/C15H28N4/c1-13(2)11-17-15-16-7-10-19(15)12-14(3)18-8-5-4-6-9-18/h7,10,13-14H,4-6,8-9,11-12H2,1-3H3,(H,16,17). The Morgan fingerprint density at radius 1 is 1.21 bits per heavy atom. The Morgan fingerprint density at radius 3 is 2.63 bits per heavy atom. The molecule has 0 aliphatic carbocycles. The summed E-state index contributed by atoms with van der Waals surface area (Å²) in [6, 6.07) is 0.592. The summed E-state index contributed by atoms with van der Waals surface area (Å²) in [6.45, 7) is 11.3. The molecule has 4 nitrogen and oxygen atoms in total. The van der Waals surface area contributed by atoms with Gasteiger partial charge in [0.15, 0.2) is 0 Å². The number of rotatable bonds is 6. The normalized spacial score (nSPS) is 18.7. The van der Waals surface area contributed by atoms with Crippen LogP contribution in [0.3, 0.4) is 0 Å². The molecule has 1 unspecified atom stereocenters. The van der Waals surface area contributed by atoms with Gasteiger partial charge in [0.25, 0.3) is 0 Å². The lowest BCUT2D eigenvalue weighted by Crippen LogP contribution is -2.39. The van der Waals surface area contributed by atoms with Crippen molar-refractivity contribution in [3.05, 3.63) is 12.4 Å². The molecule has 108 valence electrons. The molecule has 19 heavy (non-hydrogen) atoms. The van der Waals surface area contributed by atoms with E-state index in [4.69, 9.17) is 0 Å². The maximum atomic E-state index is 4.42. The lowest BCUT2D eigenvalue weighted by atomic mass is 10.1. The van der Waals surface area contributed by atoms with Crippen molar-refractivity contribution < 1.29 is 0 Å². The molecule has 4 heteroatoms. The summed E-state index contributed by atoms with van der Waals surface area (Å²) >= 11 is 0. The fraction of sp³-hybridized carbons (Fsp3) is 0.800. The maximum Gasteiger partial charge on any atom is 0.202 e. The molecule has 1 aromatic heterocycles. The summed E-state index contributed by atoms with van der Waals surface area (Å²) in [5, 5.41) is 3.43. The number of likely N-dealkylation sites (tertiary alicyclic amines) is 1. The van der Waals surface area contributed by atoms with Crippen molar-refractivity contribution in [3.8, 4) is 0 Å². The van der Waals surface area contributed by atoms with Gasteiger partial charge in [-0.2, -0.15) is 0 Å². The second-order valence-electron chi connectivity index (χ2n) is 6.12. The van der Waals surface area contributed by atoms with E-state index in [1.165, 1.54) is 32.4 Å². The van der Waals surface area contributed by atoms with E-state index in [9.17, 15) is 0 Å². The van der Waals surface area contributed by atoms with Crippen molar-refractivity contribution in [2.75, 3.05) is 25.0 Å². The van der Waals surface area contributed by atoms with Gasteiger partial charge in [-0.25, -0.2) is 4.98 Å². The van der Waals surface area contributed by atoms with Gasteiger partial charge >= 0.3 is 0 Å². The van der Waals surface area contributed by atoms with Crippen LogP contribution in [0, 0.1) is 5.92 Å². The van der Waals surface area contributed by atoms with E-state index in [0.717, 1.165) is 19.0 Å². The first-order valence-electron chi connectivity index (χ1n) is 7.66. The zero-order valence-corrected chi connectivity index (χ0v) is 12.6. The van der Waals surface area contributed by atoms with Crippen LogP contribution >= 0.6 is 0 Å². The molecule has 0 amide bonds. The number of aromatic nitrogens is 2. The smallest absolute Gasteiger partial charge is 0.202 e. The molecule has 1 aliphatic rings. The zero-order chi connectivity index (χ0) is 13.7. The molecule has 0 saturated carbocycles. The van der Waals surface area contributed by atoms with Gasteiger partial charge in [0.2, 0.25) is 5.95 Å². The molecular formula is C15H28N4. The third kappa shape index (κ3) is 4.23. The van der Waals surface area contributed by atoms with Crippen molar-refractivity contribution in [1.82, 2.24) is 14.5 Å². The van der Waals surface area contributed by atoms with Crippen LogP contribution in [-0.4, -0.2) is 40.1 Å². The average Bonchev–Trinajstić information content (AvgIpc) is 2.84. The highest BCUT2D eigenvalue weighted by Crippen LogP contribution is 2.15. The first kappa shape index (κ1) is 14.4. The van der Waals surface area contributed by atoms with Crippen molar-refractivity contribution >= 4 is 5.95 Å². The molecule has 1 saturated heterocycles. The van der Waals surface area contributed by atoms with Crippen LogP contribution in [0.1, 0.15) is 40.0 Å². The maximum absolute atomic E-state index is 4.42. The Balaban J connectivity index is 1.89. The summed E-state index contributed by atoms with van der Waals surface area (Å²) in [5.74, 6) is 1.65. The van der Waals surface area contributed by atoms with Gasteiger partial charge in [0, 0.05) is 31.5 Å². The minimum absolute atomic E-state index is 0.592. The van der Waals surface area contributed by atoms with E-state index in [0.29, 0.717) is 12.0 Å². The lowest BCUT2D eigenvalue weighted by Gasteiger charge is -2.32. The van der Waals surface area contributed by atoms with E-state index in [-0.39, 0.29) is 0 Å². The fourth-order valence-electron chi connectivity index (χ4n) is 2.68. The molecule has 1 aliphatic heterocycles. The lowest BCUT2D eigenvalue weighted by molar-refractivity contribution is 0.160. The van der Waals surface area contributed by atoms with Crippen LogP contribution in [0.15, 0.2) is 12.4 Å². The Bertz CT molecular complexity index is 366. The fourth-order valence-corrected chi connectivity index (χ4v) is 2.68. The molecule has 1 aromatic rings. The molecule has 0 radical (unpaired) electrons. The van der Waals surface area contributed by atoms with Crippen LogP contribution in [-0.2, 0) is 6.54 Å². The van der Waals surface area contributed by atoms with E-state index < -0.39 is 0 Å². The average molecular weight is 264 g/mol. The number of imidazole rings is 1. The van der Waals surface area contributed by atoms with E-state index in [1.807, 2.05) is 6.20 Å².